The van der Waals surface area contributed by atoms with Gasteiger partial charge in [-0.2, -0.15) is 5.10 Å². The summed E-state index contributed by atoms with van der Waals surface area (Å²) < 4.78 is 11.7. The number of fused-ring (bicyclic) bond motifs is 3. The Labute approximate surface area is 168 Å². The van der Waals surface area contributed by atoms with E-state index in [-0.39, 0.29) is 12.3 Å². The number of hydrazone groups is 1. The summed E-state index contributed by atoms with van der Waals surface area (Å²) in [5.41, 5.74) is 4.11. The highest BCUT2D eigenvalue weighted by Crippen LogP contribution is 2.48. The fourth-order valence-electron chi connectivity index (χ4n) is 3.78. The van der Waals surface area contributed by atoms with Crippen LogP contribution >= 0.6 is 11.6 Å². The van der Waals surface area contributed by atoms with E-state index in [1.807, 2.05) is 53.5 Å². The molecule has 0 radical (unpaired) electrons. The first-order valence-electron chi connectivity index (χ1n) is 9.09. The summed E-state index contributed by atoms with van der Waals surface area (Å²) in [6.45, 7) is 0. The van der Waals surface area contributed by atoms with E-state index < -0.39 is 0 Å². The summed E-state index contributed by atoms with van der Waals surface area (Å²) in [6.07, 6.45) is 4.00. The van der Waals surface area contributed by atoms with Crippen LogP contribution in [0.2, 0.25) is 5.02 Å². The third kappa shape index (κ3) is 2.88. The normalized spacial score (nSPS) is 20.1. The molecule has 2 atom stereocenters. The molecular weight excluding hydrogens is 374 g/mol. The van der Waals surface area contributed by atoms with Crippen molar-refractivity contribution in [2.24, 2.45) is 5.10 Å². The lowest BCUT2D eigenvalue weighted by Crippen LogP contribution is -2.33. The smallest absolute Gasteiger partial charge is 0.213 e. The molecule has 0 bridgehead atoms. The summed E-state index contributed by atoms with van der Waals surface area (Å²) in [6, 6.07) is 17.7. The Morgan fingerprint density at radius 2 is 1.96 bits per heavy atom. The lowest BCUT2D eigenvalue weighted by Gasteiger charge is -2.38. The van der Waals surface area contributed by atoms with Gasteiger partial charge in [0.05, 0.1) is 18.9 Å². The quantitative estimate of drug-likeness (QED) is 0.631. The highest BCUT2D eigenvalue weighted by atomic mass is 35.5. The van der Waals surface area contributed by atoms with Crippen molar-refractivity contribution in [3.8, 4) is 11.5 Å². The number of hydrogen-bond acceptors (Lipinski definition) is 5. The minimum Gasteiger partial charge on any atom is -0.497 e. The monoisotopic (exact) mass is 391 g/mol. The number of methoxy groups -OCH3 is 1. The van der Waals surface area contributed by atoms with E-state index in [1.165, 1.54) is 0 Å². The Morgan fingerprint density at radius 3 is 2.79 bits per heavy atom. The van der Waals surface area contributed by atoms with Gasteiger partial charge >= 0.3 is 0 Å². The average molecular weight is 392 g/mol. The molecule has 2 aliphatic heterocycles. The maximum Gasteiger partial charge on any atom is 0.213 e. The first-order valence-corrected chi connectivity index (χ1v) is 9.47. The summed E-state index contributed by atoms with van der Waals surface area (Å²) >= 11 is 6.28. The topological polar surface area (TPSA) is 47.0 Å². The van der Waals surface area contributed by atoms with Crippen molar-refractivity contribution in [2.45, 2.75) is 18.7 Å². The van der Waals surface area contributed by atoms with E-state index in [9.17, 15) is 0 Å². The zero-order valence-corrected chi connectivity index (χ0v) is 16.0. The Kier molecular flexibility index (Phi) is 4.17. The van der Waals surface area contributed by atoms with Gasteiger partial charge in [-0.1, -0.05) is 23.7 Å². The van der Waals surface area contributed by atoms with Gasteiger partial charge in [-0.3, -0.25) is 4.98 Å². The van der Waals surface area contributed by atoms with Gasteiger partial charge < -0.3 is 9.47 Å². The molecule has 2 aromatic carbocycles. The van der Waals surface area contributed by atoms with Crippen molar-refractivity contribution in [2.75, 3.05) is 7.11 Å². The third-order valence-corrected chi connectivity index (χ3v) is 5.38. The molecule has 5 rings (SSSR count). The minimum atomic E-state index is -0.315. The van der Waals surface area contributed by atoms with E-state index in [1.54, 1.807) is 19.5 Å². The predicted molar refractivity (Wildman–Crippen MR) is 108 cm³/mol. The molecule has 0 spiro atoms. The fraction of sp³-hybridized carbons (Fsp3) is 0.182. The van der Waals surface area contributed by atoms with Crippen LogP contribution in [-0.4, -0.2) is 22.8 Å². The Balaban J connectivity index is 1.60. The number of benzene rings is 2. The van der Waals surface area contributed by atoms with Crippen LogP contribution in [0.4, 0.5) is 0 Å². The number of ether oxygens (including phenoxy) is 2. The third-order valence-electron chi connectivity index (χ3n) is 5.15. The minimum absolute atomic E-state index is 0.0572. The molecule has 0 fully saturated rings. The van der Waals surface area contributed by atoms with Crippen LogP contribution in [0.1, 0.15) is 35.4 Å². The van der Waals surface area contributed by atoms with E-state index in [2.05, 4.69) is 11.1 Å². The van der Waals surface area contributed by atoms with Crippen molar-refractivity contribution in [3.63, 3.8) is 0 Å². The van der Waals surface area contributed by atoms with E-state index >= 15 is 0 Å². The molecule has 5 nitrogen and oxygen atoms in total. The lowest BCUT2D eigenvalue weighted by molar-refractivity contribution is -0.0190. The Bertz CT molecular complexity index is 1050. The lowest BCUT2D eigenvalue weighted by atomic mass is 9.96. The number of aromatic nitrogens is 1. The number of pyridine rings is 1. The maximum absolute atomic E-state index is 6.32. The molecule has 0 unspecified atom stereocenters. The number of hydrogen-bond donors (Lipinski definition) is 0. The first-order chi connectivity index (χ1) is 13.7. The molecule has 0 saturated heterocycles. The van der Waals surface area contributed by atoms with E-state index in [0.29, 0.717) is 5.02 Å². The second-order valence-electron chi connectivity index (χ2n) is 6.81. The zero-order chi connectivity index (χ0) is 19.1. The highest BCUT2D eigenvalue weighted by molar-refractivity contribution is 6.30. The molecule has 0 aliphatic carbocycles. The van der Waals surface area contributed by atoms with Crippen molar-refractivity contribution in [1.29, 1.82) is 0 Å². The maximum atomic E-state index is 6.32. The molecular formula is C22H18ClN3O2. The van der Waals surface area contributed by atoms with Crippen LogP contribution in [-0.2, 0) is 0 Å². The summed E-state index contributed by atoms with van der Waals surface area (Å²) in [5.74, 6) is 1.66. The van der Waals surface area contributed by atoms with Gasteiger partial charge in [0.2, 0.25) is 6.23 Å². The summed E-state index contributed by atoms with van der Waals surface area (Å²) in [4.78, 5) is 4.12. The van der Waals surface area contributed by atoms with Gasteiger partial charge in [-0.25, -0.2) is 5.01 Å². The van der Waals surface area contributed by atoms with Crippen LogP contribution in [0.25, 0.3) is 0 Å². The van der Waals surface area contributed by atoms with Crippen LogP contribution in [0.5, 0.6) is 11.5 Å². The number of rotatable bonds is 3. The number of nitrogens with zero attached hydrogens (tertiary/aromatic N) is 3. The SMILES string of the molecule is COc1cccc(C2=NN3[C@H](C2)c2cc(Cl)ccc2O[C@@H]3c2ccncc2)c1. The molecule has 0 saturated carbocycles. The predicted octanol–water partition coefficient (Wildman–Crippen LogP) is 4.99. The van der Waals surface area contributed by atoms with Crippen LogP contribution < -0.4 is 9.47 Å². The van der Waals surface area contributed by atoms with Crippen molar-refractivity contribution in [3.05, 3.63) is 88.7 Å². The van der Waals surface area contributed by atoms with Crippen LogP contribution in [0.3, 0.4) is 0 Å². The van der Waals surface area contributed by atoms with Gasteiger partial charge in [0.15, 0.2) is 0 Å². The van der Waals surface area contributed by atoms with Crippen molar-refractivity contribution >= 4 is 17.3 Å². The van der Waals surface area contributed by atoms with Gasteiger partial charge in [0.1, 0.15) is 11.5 Å². The molecule has 3 heterocycles. The van der Waals surface area contributed by atoms with E-state index in [0.717, 1.165) is 40.3 Å². The van der Waals surface area contributed by atoms with Gasteiger partial charge in [-0.15, -0.1) is 0 Å². The summed E-state index contributed by atoms with van der Waals surface area (Å²) in [7, 11) is 1.67. The van der Waals surface area contributed by atoms with Crippen LogP contribution in [0, 0.1) is 0 Å². The molecule has 2 aliphatic rings. The Morgan fingerprint density at radius 1 is 1.11 bits per heavy atom. The van der Waals surface area contributed by atoms with Crippen molar-refractivity contribution in [1.82, 2.24) is 9.99 Å². The second kappa shape index (κ2) is 6.84. The Hall–Kier alpha value is -3.05. The van der Waals surface area contributed by atoms with E-state index in [4.69, 9.17) is 26.2 Å². The molecule has 140 valence electrons. The highest BCUT2D eigenvalue weighted by Gasteiger charge is 2.41. The standard InChI is InChI=1S/C22H18ClN3O2/c1-27-17-4-2-3-15(11-17)19-13-20-18-12-16(23)5-6-21(18)28-22(26(20)25-19)14-7-9-24-10-8-14/h2-12,20,22H,13H2,1H3/t20-,22-/m1/s1. The van der Waals surface area contributed by atoms with Gasteiger partial charge in [0, 0.05) is 40.5 Å². The summed E-state index contributed by atoms with van der Waals surface area (Å²) in [5, 5.41) is 7.67. The first kappa shape index (κ1) is 17.1. The number of halogens is 1. The zero-order valence-electron chi connectivity index (χ0n) is 15.2. The molecule has 0 N–H and O–H groups in total. The van der Waals surface area contributed by atoms with Crippen LogP contribution in [0.15, 0.2) is 72.1 Å². The fourth-order valence-corrected chi connectivity index (χ4v) is 3.96. The second-order valence-corrected chi connectivity index (χ2v) is 7.25. The molecule has 6 heteroatoms. The molecule has 0 amide bonds. The van der Waals surface area contributed by atoms with Gasteiger partial charge in [0.25, 0.3) is 0 Å². The molecule has 1 aromatic heterocycles. The molecule has 3 aromatic rings. The molecule has 28 heavy (non-hydrogen) atoms. The van der Waals surface area contributed by atoms with Gasteiger partial charge in [-0.05, 0) is 42.5 Å². The largest absolute Gasteiger partial charge is 0.497 e. The average Bonchev–Trinajstić information content (AvgIpc) is 3.20. The van der Waals surface area contributed by atoms with Crippen molar-refractivity contribution < 1.29 is 9.47 Å².